The van der Waals surface area contributed by atoms with Gasteiger partial charge in [0.25, 0.3) is 0 Å². The fourth-order valence-electron chi connectivity index (χ4n) is 1.90. The second kappa shape index (κ2) is 4.75. The maximum atomic E-state index is 11.8. The molecule has 1 heterocycles. The second-order valence-electron chi connectivity index (χ2n) is 4.26. The first-order valence-corrected chi connectivity index (χ1v) is 5.36. The Kier molecular flexibility index (Phi) is 3.89. The molecule has 1 rings (SSSR count). The molecule has 0 aliphatic carbocycles. The molecule has 4 nitrogen and oxygen atoms in total. The summed E-state index contributed by atoms with van der Waals surface area (Å²) in [6, 6.07) is -0.0967. The van der Waals surface area contributed by atoms with Crippen LogP contribution in [0.25, 0.3) is 0 Å². The van der Waals surface area contributed by atoms with Crippen molar-refractivity contribution in [3.05, 3.63) is 0 Å². The number of likely N-dealkylation sites (tertiary alicyclic amines) is 1. The predicted molar refractivity (Wildman–Crippen MR) is 56.6 cm³/mol. The summed E-state index contributed by atoms with van der Waals surface area (Å²) in [6.07, 6.45) is 1.98. The highest BCUT2D eigenvalue weighted by Gasteiger charge is 2.31. The molecular weight excluding hydrogens is 178 g/mol. The van der Waals surface area contributed by atoms with Crippen molar-refractivity contribution in [2.24, 2.45) is 17.4 Å². The monoisotopic (exact) mass is 199 g/mol. The smallest absolute Gasteiger partial charge is 0.225 e. The number of hydrogen-bond donors (Lipinski definition) is 2. The number of amides is 1. The molecule has 0 radical (unpaired) electrons. The van der Waals surface area contributed by atoms with Crippen molar-refractivity contribution in [3.8, 4) is 0 Å². The van der Waals surface area contributed by atoms with E-state index in [1.807, 2.05) is 6.92 Å². The zero-order valence-electron chi connectivity index (χ0n) is 9.07. The molecule has 3 atom stereocenters. The summed E-state index contributed by atoms with van der Waals surface area (Å²) >= 11 is 0. The lowest BCUT2D eigenvalue weighted by Crippen LogP contribution is -2.39. The van der Waals surface area contributed by atoms with Crippen molar-refractivity contribution in [2.45, 2.75) is 38.8 Å². The van der Waals surface area contributed by atoms with Crippen molar-refractivity contribution in [1.29, 1.82) is 0 Å². The third kappa shape index (κ3) is 2.45. The van der Waals surface area contributed by atoms with Crippen LogP contribution >= 0.6 is 0 Å². The standard InChI is InChI=1S/C10H21N3O/c1-3-4-7(2)10(14)13-5-8(11)9(12)6-13/h7-9H,3-6,11-12H2,1-2H3. The maximum absolute atomic E-state index is 11.8. The first kappa shape index (κ1) is 11.5. The molecule has 1 fully saturated rings. The van der Waals surface area contributed by atoms with Crippen LogP contribution in [0.2, 0.25) is 0 Å². The van der Waals surface area contributed by atoms with Gasteiger partial charge >= 0.3 is 0 Å². The van der Waals surface area contributed by atoms with E-state index in [1.54, 1.807) is 4.90 Å². The number of carbonyl (C=O) groups is 1. The third-order valence-corrected chi connectivity index (χ3v) is 2.87. The summed E-state index contributed by atoms with van der Waals surface area (Å²) in [5.74, 6) is 0.313. The van der Waals surface area contributed by atoms with E-state index in [4.69, 9.17) is 11.5 Å². The number of nitrogens with two attached hydrogens (primary N) is 2. The van der Waals surface area contributed by atoms with Crippen LogP contribution in [0.4, 0.5) is 0 Å². The van der Waals surface area contributed by atoms with Gasteiger partial charge in [-0.25, -0.2) is 0 Å². The molecule has 4 heteroatoms. The van der Waals surface area contributed by atoms with E-state index >= 15 is 0 Å². The largest absolute Gasteiger partial charge is 0.339 e. The van der Waals surface area contributed by atoms with Crippen molar-refractivity contribution in [2.75, 3.05) is 13.1 Å². The van der Waals surface area contributed by atoms with Crippen molar-refractivity contribution in [1.82, 2.24) is 4.90 Å². The average molecular weight is 199 g/mol. The van der Waals surface area contributed by atoms with E-state index in [-0.39, 0.29) is 23.9 Å². The van der Waals surface area contributed by atoms with Gasteiger partial charge in [-0.2, -0.15) is 0 Å². The first-order chi connectivity index (χ1) is 6.56. The van der Waals surface area contributed by atoms with Crippen LogP contribution in [0.5, 0.6) is 0 Å². The highest BCUT2D eigenvalue weighted by Crippen LogP contribution is 2.14. The molecular formula is C10H21N3O. The van der Waals surface area contributed by atoms with Crippen molar-refractivity contribution in [3.63, 3.8) is 0 Å². The molecule has 1 aliphatic heterocycles. The van der Waals surface area contributed by atoms with Gasteiger partial charge in [-0.05, 0) is 6.42 Å². The number of nitrogens with zero attached hydrogens (tertiary/aromatic N) is 1. The molecule has 0 aromatic heterocycles. The van der Waals surface area contributed by atoms with E-state index in [2.05, 4.69) is 6.92 Å². The van der Waals surface area contributed by atoms with Gasteiger partial charge < -0.3 is 16.4 Å². The van der Waals surface area contributed by atoms with Gasteiger partial charge in [0.05, 0.1) is 0 Å². The topological polar surface area (TPSA) is 72.3 Å². The molecule has 3 unspecified atom stereocenters. The van der Waals surface area contributed by atoms with Crippen LogP contribution in [0.15, 0.2) is 0 Å². The van der Waals surface area contributed by atoms with Crippen LogP contribution in [0.3, 0.4) is 0 Å². The molecule has 0 aromatic rings. The predicted octanol–water partition coefficient (Wildman–Crippen LogP) is -0.0806. The lowest BCUT2D eigenvalue weighted by molar-refractivity contribution is -0.134. The fraction of sp³-hybridized carbons (Fsp3) is 0.900. The molecule has 1 aliphatic rings. The highest BCUT2D eigenvalue weighted by molar-refractivity contribution is 5.78. The van der Waals surface area contributed by atoms with Gasteiger partial charge in [-0.15, -0.1) is 0 Å². The fourth-order valence-corrected chi connectivity index (χ4v) is 1.90. The molecule has 0 saturated carbocycles. The summed E-state index contributed by atoms with van der Waals surface area (Å²) in [5, 5.41) is 0. The summed E-state index contributed by atoms with van der Waals surface area (Å²) in [5.41, 5.74) is 11.5. The van der Waals surface area contributed by atoms with Gasteiger partial charge in [0.2, 0.25) is 5.91 Å². The van der Waals surface area contributed by atoms with Crippen molar-refractivity contribution >= 4 is 5.91 Å². The van der Waals surface area contributed by atoms with Crippen LogP contribution < -0.4 is 11.5 Å². The lowest BCUT2D eigenvalue weighted by atomic mass is 10.1. The minimum Gasteiger partial charge on any atom is -0.339 e. The molecule has 1 amide bonds. The Morgan fingerprint density at radius 3 is 2.36 bits per heavy atom. The number of hydrogen-bond acceptors (Lipinski definition) is 3. The first-order valence-electron chi connectivity index (χ1n) is 5.36. The van der Waals surface area contributed by atoms with Crippen molar-refractivity contribution < 1.29 is 4.79 Å². The van der Waals surface area contributed by atoms with E-state index in [0.29, 0.717) is 13.1 Å². The van der Waals surface area contributed by atoms with Gasteiger partial charge in [-0.1, -0.05) is 20.3 Å². The van der Waals surface area contributed by atoms with Gasteiger partial charge in [0.15, 0.2) is 0 Å². The van der Waals surface area contributed by atoms with Gasteiger partial charge in [0.1, 0.15) is 0 Å². The molecule has 0 spiro atoms. The Balaban J connectivity index is 2.46. The van der Waals surface area contributed by atoms with E-state index < -0.39 is 0 Å². The quantitative estimate of drug-likeness (QED) is 0.667. The summed E-state index contributed by atoms with van der Waals surface area (Å²) < 4.78 is 0. The zero-order chi connectivity index (χ0) is 10.7. The zero-order valence-corrected chi connectivity index (χ0v) is 9.07. The Morgan fingerprint density at radius 1 is 1.43 bits per heavy atom. The molecule has 0 bridgehead atoms. The van der Waals surface area contributed by atoms with Gasteiger partial charge in [0, 0.05) is 31.1 Å². The molecule has 14 heavy (non-hydrogen) atoms. The third-order valence-electron chi connectivity index (χ3n) is 2.87. The normalized spacial score (nSPS) is 29.3. The Labute approximate surface area is 85.6 Å². The van der Waals surface area contributed by atoms with Crippen LogP contribution in [0, 0.1) is 5.92 Å². The highest BCUT2D eigenvalue weighted by atomic mass is 16.2. The van der Waals surface area contributed by atoms with E-state index in [9.17, 15) is 4.79 Å². The molecule has 1 saturated heterocycles. The minimum absolute atomic E-state index is 0.0484. The van der Waals surface area contributed by atoms with Crippen LogP contribution in [-0.2, 0) is 4.79 Å². The van der Waals surface area contributed by atoms with Crippen LogP contribution in [-0.4, -0.2) is 36.0 Å². The Morgan fingerprint density at radius 2 is 1.93 bits per heavy atom. The minimum atomic E-state index is -0.0484. The van der Waals surface area contributed by atoms with E-state index in [1.165, 1.54) is 0 Å². The summed E-state index contributed by atoms with van der Waals surface area (Å²) in [7, 11) is 0. The van der Waals surface area contributed by atoms with Crippen LogP contribution in [0.1, 0.15) is 26.7 Å². The lowest BCUT2D eigenvalue weighted by Gasteiger charge is -2.20. The Bertz CT molecular complexity index is 198. The SMILES string of the molecule is CCCC(C)C(=O)N1CC(N)C(N)C1. The molecule has 4 N–H and O–H groups in total. The van der Waals surface area contributed by atoms with E-state index in [0.717, 1.165) is 12.8 Å². The summed E-state index contributed by atoms with van der Waals surface area (Å²) in [6.45, 7) is 5.30. The number of rotatable bonds is 3. The Hall–Kier alpha value is -0.610. The average Bonchev–Trinajstić information content (AvgIpc) is 2.46. The molecule has 82 valence electrons. The summed E-state index contributed by atoms with van der Waals surface area (Å²) in [4.78, 5) is 13.6. The van der Waals surface area contributed by atoms with Gasteiger partial charge in [-0.3, -0.25) is 4.79 Å². The molecule has 0 aromatic carbocycles. The number of carbonyl (C=O) groups excluding carboxylic acids is 1. The maximum Gasteiger partial charge on any atom is 0.225 e. The second-order valence-corrected chi connectivity index (χ2v) is 4.26.